The standard InChI is InChI=1S/C26H31N3O4/c1-19-7-3-4-9-22(19)26(15-23(30)28(2)18-21-8-5-6-14-33-21)16-24(31)29(25(26)32)17-20-10-12-27-13-11-20/h3-4,7,9-13,21H,5-6,8,14-18H2,1-2H3. The summed E-state index contributed by atoms with van der Waals surface area (Å²) < 4.78 is 5.79. The quantitative estimate of drug-likeness (QED) is 0.607. The van der Waals surface area contributed by atoms with Crippen molar-refractivity contribution in [1.82, 2.24) is 14.8 Å². The van der Waals surface area contributed by atoms with Crippen LogP contribution in [0.15, 0.2) is 48.8 Å². The SMILES string of the molecule is Cc1ccccc1C1(CC(=O)N(C)CC2CCCCO2)CC(=O)N(Cc2ccncc2)C1=O. The Morgan fingerprint density at radius 2 is 1.94 bits per heavy atom. The molecule has 7 heteroatoms. The number of hydrogen-bond acceptors (Lipinski definition) is 5. The number of aryl methyl sites for hydroxylation is 1. The number of rotatable bonds is 7. The van der Waals surface area contributed by atoms with Gasteiger partial charge in [0, 0.05) is 45.4 Å². The average molecular weight is 450 g/mol. The van der Waals surface area contributed by atoms with Gasteiger partial charge in [-0.25, -0.2) is 0 Å². The first kappa shape index (κ1) is 23.1. The van der Waals surface area contributed by atoms with Crippen LogP contribution in [0.25, 0.3) is 0 Å². The second-order valence-corrected chi connectivity index (χ2v) is 9.15. The summed E-state index contributed by atoms with van der Waals surface area (Å²) in [6.07, 6.45) is 6.32. The van der Waals surface area contributed by atoms with Gasteiger partial charge in [-0.05, 0) is 55.0 Å². The van der Waals surface area contributed by atoms with E-state index in [4.69, 9.17) is 4.74 Å². The lowest BCUT2D eigenvalue weighted by Crippen LogP contribution is -2.44. The maximum atomic E-state index is 13.8. The molecule has 2 unspecified atom stereocenters. The molecule has 0 bridgehead atoms. The number of likely N-dealkylation sites (tertiary alicyclic amines) is 1. The minimum Gasteiger partial charge on any atom is -0.376 e. The highest BCUT2D eigenvalue weighted by atomic mass is 16.5. The van der Waals surface area contributed by atoms with E-state index in [0.717, 1.165) is 42.6 Å². The Bertz CT molecular complexity index is 1020. The smallest absolute Gasteiger partial charge is 0.241 e. The molecule has 2 aliphatic heterocycles. The van der Waals surface area contributed by atoms with E-state index in [1.807, 2.05) is 31.2 Å². The third kappa shape index (κ3) is 4.83. The van der Waals surface area contributed by atoms with Gasteiger partial charge in [0.25, 0.3) is 0 Å². The first-order valence-electron chi connectivity index (χ1n) is 11.6. The molecule has 2 aliphatic rings. The Balaban J connectivity index is 1.61. The molecule has 4 rings (SSSR count). The lowest BCUT2D eigenvalue weighted by Gasteiger charge is -2.32. The van der Waals surface area contributed by atoms with Gasteiger partial charge < -0.3 is 9.64 Å². The topological polar surface area (TPSA) is 79.8 Å². The van der Waals surface area contributed by atoms with Crippen molar-refractivity contribution in [2.45, 2.75) is 57.1 Å². The third-order valence-electron chi connectivity index (χ3n) is 6.79. The number of benzene rings is 1. The number of amides is 3. The Morgan fingerprint density at radius 3 is 2.64 bits per heavy atom. The molecule has 0 radical (unpaired) electrons. The molecular formula is C26H31N3O4. The van der Waals surface area contributed by atoms with Gasteiger partial charge in [-0.15, -0.1) is 0 Å². The molecule has 3 amide bonds. The van der Waals surface area contributed by atoms with Gasteiger partial charge >= 0.3 is 0 Å². The van der Waals surface area contributed by atoms with Gasteiger partial charge in [0.1, 0.15) is 0 Å². The second kappa shape index (κ2) is 9.83. The molecule has 0 saturated carbocycles. The van der Waals surface area contributed by atoms with Crippen LogP contribution < -0.4 is 0 Å². The monoisotopic (exact) mass is 449 g/mol. The highest BCUT2D eigenvalue weighted by Crippen LogP contribution is 2.42. The van der Waals surface area contributed by atoms with Crippen LogP contribution in [0.1, 0.15) is 48.8 Å². The minimum atomic E-state index is -1.20. The van der Waals surface area contributed by atoms with E-state index in [2.05, 4.69) is 4.98 Å². The van der Waals surface area contributed by atoms with Crippen molar-refractivity contribution >= 4 is 17.7 Å². The van der Waals surface area contributed by atoms with Crippen molar-refractivity contribution in [3.8, 4) is 0 Å². The lowest BCUT2D eigenvalue weighted by molar-refractivity contribution is -0.143. The molecule has 2 aromatic rings. The maximum absolute atomic E-state index is 13.8. The molecule has 0 N–H and O–H groups in total. The number of imide groups is 1. The largest absolute Gasteiger partial charge is 0.376 e. The molecule has 33 heavy (non-hydrogen) atoms. The van der Waals surface area contributed by atoms with Crippen LogP contribution in [0.3, 0.4) is 0 Å². The number of carbonyl (C=O) groups is 3. The second-order valence-electron chi connectivity index (χ2n) is 9.15. The average Bonchev–Trinajstić information content (AvgIpc) is 3.05. The summed E-state index contributed by atoms with van der Waals surface area (Å²) in [5, 5.41) is 0. The van der Waals surface area contributed by atoms with Crippen LogP contribution >= 0.6 is 0 Å². The predicted octanol–water partition coefficient (Wildman–Crippen LogP) is 3.00. The summed E-state index contributed by atoms with van der Waals surface area (Å²) >= 11 is 0. The number of carbonyl (C=O) groups excluding carboxylic acids is 3. The number of nitrogens with zero attached hydrogens (tertiary/aromatic N) is 3. The Labute approximate surface area is 194 Å². The van der Waals surface area contributed by atoms with Crippen LogP contribution in [-0.4, -0.2) is 58.8 Å². The fourth-order valence-electron chi connectivity index (χ4n) is 4.94. The van der Waals surface area contributed by atoms with Gasteiger partial charge in [0.05, 0.1) is 18.1 Å². The number of aromatic nitrogens is 1. The van der Waals surface area contributed by atoms with E-state index in [0.29, 0.717) is 6.54 Å². The zero-order valence-electron chi connectivity index (χ0n) is 19.3. The van der Waals surface area contributed by atoms with Crippen LogP contribution in [0, 0.1) is 6.92 Å². The molecule has 174 valence electrons. The molecule has 2 saturated heterocycles. The van der Waals surface area contributed by atoms with E-state index in [1.165, 1.54) is 4.90 Å². The molecule has 3 heterocycles. The molecular weight excluding hydrogens is 418 g/mol. The fraction of sp³-hybridized carbons (Fsp3) is 0.462. The fourth-order valence-corrected chi connectivity index (χ4v) is 4.94. The van der Waals surface area contributed by atoms with E-state index >= 15 is 0 Å². The highest BCUT2D eigenvalue weighted by Gasteiger charge is 2.54. The predicted molar refractivity (Wildman–Crippen MR) is 123 cm³/mol. The zero-order chi connectivity index (χ0) is 23.4. The number of likely N-dealkylation sites (N-methyl/N-ethyl adjacent to an activating group) is 1. The van der Waals surface area contributed by atoms with Gasteiger partial charge in [-0.3, -0.25) is 24.3 Å². The molecule has 2 atom stereocenters. The molecule has 0 spiro atoms. The van der Waals surface area contributed by atoms with E-state index in [9.17, 15) is 14.4 Å². The molecule has 1 aromatic carbocycles. The molecule has 0 aliphatic carbocycles. The lowest BCUT2D eigenvalue weighted by atomic mass is 9.74. The van der Waals surface area contributed by atoms with E-state index in [1.54, 1.807) is 36.5 Å². The van der Waals surface area contributed by atoms with Crippen molar-refractivity contribution < 1.29 is 19.1 Å². The van der Waals surface area contributed by atoms with Crippen LogP contribution in [-0.2, 0) is 31.1 Å². The normalized spacial score (nSPS) is 23.1. The number of hydrogen-bond donors (Lipinski definition) is 0. The van der Waals surface area contributed by atoms with E-state index < -0.39 is 5.41 Å². The summed E-state index contributed by atoms with van der Waals surface area (Å²) in [4.78, 5) is 47.2. The van der Waals surface area contributed by atoms with Gasteiger partial charge in [-0.2, -0.15) is 0 Å². The summed E-state index contributed by atoms with van der Waals surface area (Å²) in [6, 6.07) is 11.1. The molecule has 1 aromatic heterocycles. The Morgan fingerprint density at radius 1 is 1.18 bits per heavy atom. The maximum Gasteiger partial charge on any atom is 0.241 e. The van der Waals surface area contributed by atoms with Crippen molar-refractivity contribution in [3.63, 3.8) is 0 Å². The highest BCUT2D eigenvalue weighted by molar-refractivity contribution is 6.10. The van der Waals surface area contributed by atoms with Gasteiger partial charge in [0.2, 0.25) is 17.7 Å². The zero-order valence-corrected chi connectivity index (χ0v) is 19.3. The summed E-state index contributed by atoms with van der Waals surface area (Å²) in [5.74, 6) is -0.722. The van der Waals surface area contributed by atoms with Crippen molar-refractivity contribution in [1.29, 1.82) is 0 Å². The van der Waals surface area contributed by atoms with Crippen LogP contribution in [0.5, 0.6) is 0 Å². The summed E-state index contributed by atoms with van der Waals surface area (Å²) in [5.41, 5.74) is 1.27. The Hall–Kier alpha value is -3.06. The third-order valence-corrected chi connectivity index (χ3v) is 6.79. The molecule has 7 nitrogen and oxygen atoms in total. The molecule has 2 fully saturated rings. The van der Waals surface area contributed by atoms with Gasteiger partial charge in [-0.1, -0.05) is 24.3 Å². The van der Waals surface area contributed by atoms with Crippen molar-refractivity contribution in [3.05, 3.63) is 65.5 Å². The summed E-state index contributed by atoms with van der Waals surface area (Å²) in [7, 11) is 1.75. The van der Waals surface area contributed by atoms with Crippen LogP contribution in [0.2, 0.25) is 0 Å². The van der Waals surface area contributed by atoms with Gasteiger partial charge in [0.15, 0.2) is 0 Å². The number of ether oxygens (including phenoxy) is 1. The first-order chi connectivity index (χ1) is 15.9. The summed E-state index contributed by atoms with van der Waals surface area (Å²) in [6.45, 7) is 3.31. The number of pyridine rings is 1. The van der Waals surface area contributed by atoms with Crippen molar-refractivity contribution in [2.24, 2.45) is 0 Å². The Kier molecular flexibility index (Phi) is 6.88. The minimum absolute atomic E-state index is 0.0126. The van der Waals surface area contributed by atoms with Crippen LogP contribution in [0.4, 0.5) is 0 Å². The van der Waals surface area contributed by atoms with Crippen molar-refractivity contribution in [2.75, 3.05) is 20.2 Å². The van der Waals surface area contributed by atoms with E-state index in [-0.39, 0.29) is 43.2 Å². The first-order valence-corrected chi connectivity index (χ1v) is 11.6.